The second-order valence-electron chi connectivity index (χ2n) is 5.20. The van der Waals surface area contributed by atoms with Crippen LogP contribution in [-0.2, 0) is 11.2 Å². The number of nitrogens with two attached hydrogens (primary N) is 1. The van der Waals surface area contributed by atoms with Crippen LogP contribution < -0.4 is 10.6 Å². The summed E-state index contributed by atoms with van der Waals surface area (Å²) in [6.07, 6.45) is 2.11. The molecule has 0 aromatic heterocycles. The smallest absolute Gasteiger partial charge is 0.231 e. The van der Waals surface area contributed by atoms with E-state index in [1.54, 1.807) is 29.3 Å². The number of benzodiazepines with no additional fused rings is 1. The lowest BCUT2D eigenvalue weighted by atomic mass is 10.1. The topological polar surface area (TPSA) is 58.7 Å². The van der Waals surface area contributed by atoms with E-state index >= 15 is 0 Å². The van der Waals surface area contributed by atoms with Crippen LogP contribution in [0.3, 0.4) is 0 Å². The molecule has 22 heavy (non-hydrogen) atoms. The quantitative estimate of drug-likeness (QED) is 0.867. The average Bonchev–Trinajstić information content (AvgIpc) is 2.71. The first-order valence-electron chi connectivity index (χ1n) is 7.07. The molecule has 1 heterocycles. The number of hydrogen-bond donors (Lipinski definition) is 1. The van der Waals surface area contributed by atoms with Crippen molar-refractivity contribution in [3.63, 3.8) is 0 Å². The number of fused-ring (bicyclic) bond motifs is 1. The molecule has 0 unspecified atom stereocenters. The molecule has 112 valence electrons. The Hall–Kier alpha value is -2.33. The summed E-state index contributed by atoms with van der Waals surface area (Å²) in [4.78, 5) is 18.7. The van der Waals surface area contributed by atoms with Gasteiger partial charge in [-0.25, -0.2) is 0 Å². The van der Waals surface area contributed by atoms with Crippen molar-refractivity contribution in [3.8, 4) is 0 Å². The number of anilines is 2. The van der Waals surface area contributed by atoms with Crippen LogP contribution in [0.2, 0.25) is 5.02 Å². The van der Waals surface area contributed by atoms with Crippen molar-refractivity contribution >= 4 is 35.1 Å². The highest BCUT2D eigenvalue weighted by Gasteiger charge is 2.20. The molecular weight excluding hydrogens is 298 g/mol. The van der Waals surface area contributed by atoms with Crippen molar-refractivity contribution in [2.45, 2.75) is 6.42 Å². The Morgan fingerprint density at radius 1 is 1.23 bits per heavy atom. The zero-order valence-corrected chi connectivity index (χ0v) is 12.8. The van der Waals surface area contributed by atoms with Gasteiger partial charge in [0.2, 0.25) is 5.91 Å². The van der Waals surface area contributed by atoms with Crippen molar-refractivity contribution in [1.29, 1.82) is 0 Å². The summed E-state index contributed by atoms with van der Waals surface area (Å²) in [6.45, 7) is 1.15. The molecule has 0 spiro atoms. The van der Waals surface area contributed by atoms with Crippen LogP contribution in [0.4, 0.5) is 11.4 Å². The Balaban J connectivity index is 1.85. The SMILES string of the molecule is Nc1ccc2c(c1)C=NCCN2C(=O)Cc1ccc(Cl)cc1. The van der Waals surface area contributed by atoms with E-state index in [-0.39, 0.29) is 5.91 Å². The molecule has 3 rings (SSSR count). The largest absolute Gasteiger partial charge is 0.399 e. The molecule has 2 aromatic carbocycles. The molecule has 1 aliphatic heterocycles. The molecule has 0 saturated carbocycles. The molecule has 5 heteroatoms. The highest BCUT2D eigenvalue weighted by atomic mass is 35.5. The lowest BCUT2D eigenvalue weighted by Gasteiger charge is -2.22. The van der Waals surface area contributed by atoms with Crippen LogP contribution in [-0.4, -0.2) is 25.2 Å². The molecule has 0 atom stereocenters. The van der Waals surface area contributed by atoms with Crippen molar-refractivity contribution in [2.24, 2.45) is 4.99 Å². The fourth-order valence-corrected chi connectivity index (χ4v) is 2.62. The number of halogens is 1. The van der Waals surface area contributed by atoms with E-state index in [2.05, 4.69) is 4.99 Å². The highest BCUT2D eigenvalue weighted by Crippen LogP contribution is 2.24. The van der Waals surface area contributed by atoms with Crippen LogP contribution in [0.5, 0.6) is 0 Å². The molecule has 4 nitrogen and oxygen atoms in total. The number of rotatable bonds is 2. The summed E-state index contributed by atoms with van der Waals surface area (Å²) in [5.74, 6) is 0.0406. The first-order chi connectivity index (χ1) is 10.6. The van der Waals surface area contributed by atoms with Crippen molar-refractivity contribution in [3.05, 3.63) is 58.6 Å². The van der Waals surface area contributed by atoms with Gasteiger partial charge in [0.1, 0.15) is 0 Å². The first-order valence-corrected chi connectivity index (χ1v) is 7.45. The van der Waals surface area contributed by atoms with Crippen LogP contribution in [0.25, 0.3) is 0 Å². The van der Waals surface area contributed by atoms with Gasteiger partial charge in [-0.05, 0) is 35.9 Å². The second-order valence-corrected chi connectivity index (χ2v) is 5.64. The molecule has 0 saturated heterocycles. The molecule has 1 amide bonds. The number of carbonyl (C=O) groups excluding carboxylic acids is 1. The minimum atomic E-state index is 0.0406. The van der Waals surface area contributed by atoms with E-state index in [1.807, 2.05) is 24.3 Å². The van der Waals surface area contributed by atoms with Crippen molar-refractivity contribution < 1.29 is 4.79 Å². The van der Waals surface area contributed by atoms with Crippen LogP contribution in [0, 0.1) is 0 Å². The lowest BCUT2D eigenvalue weighted by Crippen LogP contribution is -2.34. The summed E-state index contributed by atoms with van der Waals surface area (Å²) < 4.78 is 0. The number of aliphatic imine (C=N–C) groups is 1. The number of amides is 1. The number of benzene rings is 2. The minimum Gasteiger partial charge on any atom is -0.399 e. The molecule has 0 bridgehead atoms. The molecular formula is C17H16ClN3O. The summed E-state index contributed by atoms with van der Waals surface area (Å²) in [5.41, 5.74) is 9.15. The van der Waals surface area contributed by atoms with Crippen LogP contribution in [0.15, 0.2) is 47.5 Å². The third-order valence-electron chi connectivity index (χ3n) is 3.60. The zero-order valence-electron chi connectivity index (χ0n) is 12.0. The Morgan fingerprint density at radius 3 is 2.77 bits per heavy atom. The van der Waals surface area contributed by atoms with E-state index in [0.717, 1.165) is 16.8 Å². The fraction of sp³-hybridized carbons (Fsp3) is 0.176. The van der Waals surface area contributed by atoms with Gasteiger partial charge in [0.05, 0.1) is 18.7 Å². The van der Waals surface area contributed by atoms with Crippen molar-refractivity contribution in [2.75, 3.05) is 23.7 Å². The maximum Gasteiger partial charge on any atom is 0.231 e. The molecule has 0 radical (unpaired) electrons. The highest BCUT2D eigenvalue weighted by molar-refractivity contribution is 6.30. The van der Waals surface area contributed by atoms with Gasteiger partial charge < -0.3 is 10.6 Å². The van der Waals surface area contributed by atoms with Crippen LogP contribution >= 0.6 is 11.6 Å². The molecule has 0 fully saturated rings. The summed E-state index contributed by atoms with van der Waals surface area (Å²) in [5, 5.41) is 0.667. The van der Waals surface area contributed by atoms with Gasteiger partial charge >= 0.3 is 0 Å². The Bertz CT molecular complexity index is 725. The maximum atomic E-state index is 12.7. The third kappa shape index (κ3) is 3.12. The van der Waals surface area contributed by atoms with Gasteiger partial charge in [-0.15, -0.1) is 0 Å². The Kier molecular flexibility index (Phi) is 4.11. The van der Waals surface area contributed by atoms with E-state index in [1.165, 1.54) is 0 Å². The fourth-order valence-electron chi connectivity index (χ4n) is 2.49. The Morgan fingerprint density at radius 2 is 2.00 bits per heavy atom. The summed E-state index contributed by atoms with van der Waals surface area (Å²) in [6, 6.07) is 12.9. The maximum absolute atomic E-state index is 12.7. The minimum absolute atomic E-state index is 0.0406. The van der Waals surface area contributed by atoms with Crippen LogP contribution in [0.1, 0.15) is 11.1 Å². The van der Waals surface area contributed by atoms with Gasteiger partial charge in [0, 0.05) is 29.0 Å². The van der Waals surface area contributed by atoms with E-state index in [9.17, 15) is 4.79 Å². The van der Waals surface area contributed by atoms with Gasteiger partial charge in [0.15, 0.2) is 0 Å². The normalized spacial score (nSPS) is 13.6. The number of hydrogen-bond acceptors (Lipinski definition) is 3. The van der Waals surface area contributed by atoms with E-state index in [4.69, 9.17) is 17.3 Å². The van der Waals surface area contributed by atoms with Crippen molar-refractivity contribution in [1.82, 2.24) is 0 Å². The van der Waals surface area contributed by atoms with Gasteiger partial charge in [0.25, 0.3) is 0 Å². The van der Waals surface area contributed by atoms with E-state index < -0.39 is 0 Å². The zero-order chi connectivity index (χ0) is 15.5. The number of nitrogens with zero attached hydrogens (tertiary/aromatic N) is 2. The first kappa shape index (κ1) is 14.6. The molecule has 0 aliphatic carbocycles. The molecule has 2 aromatic rings. The van der Waals surface area contributed by atoms with Gasteiger partial charge in [-0.1, -0.05) is 23.7 Å². The van der Waals surface area contributed by atoms with Gasteiger partial charge in [-0.3, -0.25) is 9.79 Å². The van der Waals surface area contributed by atoms with E-state index in [0.29, 0.717) is 30.2 Å². The average molecular weight is 314 g/mol. The molecule has 2 N–H and O–H groups in total. The number of carbonyl (C=O) groups is 1. The monoisotopic (exact) mass is 313 g/mol. The summed E-state index contributed by atoms with van der Waals surface area (Å²) in [7, 11) is 0. The summed E-state index contributed by atoms with van der Waals surface area (Å²) >= 11 is 5.88. The standard InChI is InChI=1S/C17H16ClN3O/c18-14-3-1-12(2-4-14)9-17(22)21-8-7-20-11-13-10-15(19)5-6-16(13)21/h1-6,10-11H,7-9,19H2. The molecule has 1 aliphatic rings. The van der Waals surface area contributed by atoms with Gasteiger partial charge in [-0.2, -0.15) is 0 Å². The third-order valence-corrected chi connectivity index (χ3v) is 3.85. The lowest BCUT2D eigenvalue weighted by molar-refractivity contribution is -0.117. The Labute approximate surface area is 134 Å². The predicted molar refractivity (Wildman–Crippen MR) is 90.8 cm³/mol. The predicted octanol–water partition coefficient (Wildman–Crippen LogP) is 2.93. The second kappa shape index (κ2) is 6.20. The number of nitrogen functional groups attached to an aromatic ring is 1.